The van der Waals surface area contributed by atoms with Gasteiger partial charge in [0.15, 0.2) is 18.1 Å². The minimum Gasteiger partial charge on any atom is -0.493 e. The topological polar surface area (TPSA) is 99.2 Å². The van der Waals surface area contributed by atoms with E-state index in [1.807, 2.05) is 12.1 Å². The van der Waals surface area contributed by atoms with Crippen molar-refractivity contribution in [2.24, 2.45) is 0 Å². The predicted molar refractivity (Wildman–Crippen MR) is 118 cm³/mol. The van der Waals surface area contributed by atoms with Gasteiger partial charge in [0.25, 0.3) is 5.91 Å². The molecule has 32 heavy (non-hydrogen) atoms. The average molecular weight is 444 g/mol. The molecule has 172 valence electrons. The number of nitrogens with one attached hydrogen (secondary N) is 1. The van der Waals surface area contributed by atoms with Crippen LogP contribution < -0.4 is 19.7 Å². The quantitative estimate of drug-likeness (QED) is 0.620. The van der Waals surface area contributed by atoms with Crippen LogP contribution in [-0.2, 0) is 20.8 Å². The number of carbonyl (C=O) groups excluding carboxylic acids is 2. The molecule has 2 heterocycles. The number of anilines is 1. The molecule has 1 fully saturated rings. The van der Waals surface area contributed by atoms with Crippen molar-refractivity contribution in [2.75, 3.05) is 38.8 Å². The number of hydrogen-bond donors (Lipinski definition) is 1. The molecule has 3 rings (SSSR count). The van der Waals surface area contributed by atoms with Gasteiger partial charge in [-0.15, -0.1) is 0 Å². The predicted octanol–water partition coefficient (Wildman–Crippen LogP) is 2.19. The van der Waals surface area contributed by atoms with Crippen LogP contribution in [0, 0.1) is 0 Å². The van der Waals surface area contributed by atoms with Gasteiger partial charge in [-0.05, 0) is 43.7 Å². The van der Waals surface area contributed by atoms with Crippen LogP contribution >= 0.6 is 0 Å². The van der Waals surface area contributed by atoms with Gasteiger partial charge in [0.2, 0.25) is 0 Å². The first-order valence-corrected chi connectivity index (χ1v) is 10.4. The third-order valence-corrected chi connectivity index (χ3v) is 5.00. The number of hydrogen-bond acceptors (Lipinski definition) is 8. The Morgan fingerprint density at radius 3 is 2.50 bits per heavy atom. The van der Waals surface area contributed by atoms with Crippen molar-refractivity contribution in [1.82, 2.24) is 10.3 Å². The van der Waals surface area contributed by atoms with Crippen LogP contribution in [-0.4, -0.2) is 63.0 Å². The molecular formula is C23H29N3O6. The number of methoxy groups -OCH3 is 2. The van der Waals surface area contributed by atoms with E-state index < -0.39 is 5.97 Å². The number of nitrogens with zero attached hydrogens (tertiary/aromatic N) is 2. The summed E-state index contributed by atoms with van der Waals surface area (Å²) in [6, 6.07) is 8.66. The Morgan fingerprint density at radius 1 is 1.12 bits per heavy atom. The van der Waals surface area contributed by atoms with Gasteiger partial charge in [0.1, 0.15) is 5.82 Å². The van der Waals surface area contributed by atoms with Gasteiger partial charge in [-0.3, -0.25) is 4.79 Å². The fraction of sp³-hybridized carbons (Fsp3) is 0.435. The van der Waals surface area contributed by atoms with E-state index in [0.717, 1.165) is 24.5 Å². The van der Waals surface area contributed by atoms with Gasteiger partial charge >= 0.3 is 5.97 Å². The van der Waals surface area contributed by atoms with E-state index in [2.05, 4.69) is 33.8 Å². The second kappa shape index (κ2) is 10.8. The molecule has 1 saturated heterocycles. The highest BCUT2D eigenvalue weighted by Crippen LogP contribution is 2.28. The van der Waals surface area contributed by atoms with Crippen LogP contribution in [0.1, 0.15) is 29.8 Å². The highest BCUT2D eigenvalue weighted by molar-refractivity contribution is 5.94. The summed E-state index contributed by atoms with van der Waals surface area (Å²) < 4.78 is 21.0. The van der Waals surface area contributed by atoms with Gasteiger partial charge in [0.05, 0.1) is 26.4 Å². The van der Waals surface area contributed by atoms with E-state index in [-0.39, 0.29) is 24.7 Å². The maximum absolute atomic E-state index is 12.6. The number of amides is 1. The summed E-state index contributed by atoms with van der Waals surface area (Å²) >= 11 is 0. The molecule has 1 aromatic carbocycles. The number of rotatable bonds is 8. The Balaban J connectivity index is 1.57. The fourth-order valence-electron chi connectivity index (χ4n) is 3.48. The number of aromatic nitrogens is 1. The SMILES string of the molecule is COC(=O)COc1ccc(C(=O)NCc2ccc(N3CC(C)OC(C)C3)nc2)cc1OC. The molecule has 1 aromatic heterocycles. The van der Waals surface area contributed by atoms with Crippen molar-refractivity contribution in [3.63, 3.8) is 0 Å². The largest absolute Gasteiger partial charge is 0.493 e. The first-order valence-electron chi connectivity index (χ1n) is 10.4. The molecule has 1 aliphatic rings. The molecule has 0 radical (unpaired) electrons. The third kappa shape index (κ3) is 6.10. The molecule has 2 atom stereocenters. The molecule has 0 spiro atoms. The highest BCUT2D eigenvalue weighted by Gasteiger charge is 2.23. The molecule has 1 amide bonds. The fourth-order valence-corrected chi connectivity index (χ4v) is 3.48. The minimum atomic E-state index is -0.508. The standard InChI is InChI=1S/C23H29N3O6/c1-15-12-26(13-16(2)32-15)21-8-5-17(10-24-21)11-25-23(28)18-6-7-19(20(9-18)29-3)31-14-22(27)30-4/h5-10,15-16H,11-14H2,1-4H3,(H,25,28). The lowest BCUT2D eigenvalue weighted by molar-refractivity contribution is -0.142. The van der Waals surface area contributed by atoms with Crippen molar-refractivity contribution >= 4 is 17.7 Å². The van der Waals surface area contributed by atoms with E-state index in [1.165, 1.54) is 14.2 Å². The molecule has 9 nitrogen and oxygen atoms in total. The second-order valence-corrected chi connectivity index (χ2v) is 7.60. The number of esters is 1. The molecule has 2 aromatic rings. The number of pyridine rings is 1. The third-order valence-electron chi connectivity index (χ3n) is 5.00. The molecule has 2 unspecified atom stereocenters. The maximum atomic E-state index is 12.6. The summed E-state index contributed by atoms with van der Waals surface area (Å²) in [7, 11) is 2.74. The Labute approximate surface area is 187 Å². The smallest absolute Gasteiger partial charge is 0.343 e. The van der Waals surface area contributed by atoms with Crippen molar-refractivity contribution < 1.29 is 28.5 Å². The summed E-state index contributed by atoms with van der Waals surface area (Å²) in [4.78, 5) is 30.6. The Kier molecular flexibility index (Phi) is 7.88. The van der Waals surface area contributed by atoms with Crippen LogP contribution in [0.2, 0.25) is 0 Å². The van der Waals surface area contributed by atoms with Gasteiger partial charge in [-0.1, -0.05) is 6.07 Å². The molecule has 0 saturated carbocycles. The van der Waals surface area contributed by atoms with Crippen LogP contribution in [0.4, 0.5) is 5.82 Å². The van der Waals surface area contributed by atoms with Crippen molar-refractivity contribution in [3.05, 3.63) is 47.7 Å². The number of benzene rings is 1. The summed E-state index contributed by atoms with van der Waals surface area (Å²) in [5.74, 6) is 0.825. The number of carbonyl (C=O) groups is 2. The van der Waals surface area contributed by atoms with E-state index in [9.17, 15) is 9.59 Å². The van der Waals surface area contributed by atoms with Crippen molar-refractivity contribution in [2.45, 2.75) is 32.6 Å². The van der Waals surface area contributed by atoms with Crippen LogP contribution in [0.3, 0.4) is 0 Å². The molecule has 9 heteroatoms. The Hall–Kier alpha value is -3.33. The zero-order valence-corrected chi connectivity index (χ0v) is 18.8. The van der Waals surface area contributed by atoms with Gasteiger partial charge in [-0.2, -0.15) is 0 Å². The van der Waals surface area contributed by atoms with Crippen LogP contribution in [0.5, 0.6) is 11.5 Å². The first kappa shape index (κ1) is 23.3. The van der Waals surface area contributed by atoms with Gasteiger partial charge in [0, 0.05) is 31.4 Å². The monoisotopic (exact) mass is 443 g/mol. The molecule has 0 aliphatic carbocycles. The summed E-state index contributed by atoms with van der Waals surface area (Å²) in [5, 5.41) is 2.88. The van der Waals surface area contributed by atoms with E-state index >= 15 is 0 Å². The molecular weight excluding hydrogens is 414 g/mol. The Morgan fingerprint density at radius 2 is 1.88 bits per heavy atom. The van der Waals surface area contributed by atoms with Gasteiger partial charge in [-0.25, -0.2) is 9.78 Å². The number of ether oxygens (including phenoxy) is 4. The molecule has 1 aliphatic heterocycles. The van der Waals surface area contributed by atoms with Gasteiger partial charge < -0.3 is 29.2 Å². The van der Waals surface area contributed by atoms with E-state index in [1.54, 1.807) is 24.4 Å². The zero-order valence-electron chi connectivity index (χ0n) is 18.8. The lowest BCUT2D eigenvalue weighted by Gasteiger charge is -2.36. The normalized spacial score (nSPS) is 18.1. The van der Waals surface area contributed by atoms with E-state index in [0.29, 0.717) is 23.6 Å². The maximum Gasteiger partial charge on any atom is 0.343 e. The summed E-state index contributed by atoms with van der Waals surface area (Å²) in [5.41, 5.74) is 1.30. The highest BCUT2D eigenvalue weighted by atomic mass is 16.6. The average Bonchev–Trinajstić information content (AvgIpc) is 2.80. The minimum absolute atomic E-state index is 0.161. The molecule has 0 bridgehead atoms. The summed E-state index contributed by atoms with van der Waals surface area (Å²) in [6.45, 7) is 5.80. The van der Waals surface area contributed by atoms with Crippen LogP contribution in [0.25, 0.3) is 0 Å². The van der Waals surface area contributed by atoms with Crippen LogP contribution in [0.15, 0.2) is 36.5 Å². The lowest BCUT2D eigenvalue weighted by Crippen LogP contribution is -2.45. The lowest BCUT2D eigenvalue weighted by atomic mass is 10.1. The van der Waals surface area contributed by atoms with Crippen molar-refractivity contribution in [3.8, 4) is 11.5 Å². The van der Waals surface area contributed by atoms with E-state index in [4.69, 9.17) is 14.2 Å². The zero-order chi connectivity index (χ0) is 23.1. The Bertz CT molecular complexity index is 924. The first-order chi connectivity index (χ1) is 15.4. The number of morpholine rings is 1. The van der Waals surface area contributed by atoms with Crippen molar-refractivity contribution in [1.29, 1.82) is 0 Å². The molecule has 1 N–H and O–H groups in total. The second-order valence-electron chi connectivity index (χ2n) is 7.60. The summed E-state index contributed by atoms with van der Waals surface area (Å²) in [6.07, 6.45) is 2.09.